The topological polar surface area (TPSA) is 35.5 Å². The molecule has 4 heteroatoms. The minimum Gasteiger partial charge on any atom is -0.304 e. The van der Waals surface area contributed by atoms with Crippen LogP contribution in [0.2, 0.25) is 0 Å². The van der Waals surface area contributed by atoms with Gasteiger partial charge in [0.25, 0.3) is 0 Å². The second-order valence-corrected chi connectivity index (χ2v) is 8.68. The standard InChI is InChI=1S/C20H43O3P/c1-7-11-15-19(5,16-12-8-2)22-24(21)23-20(6,17-13-9-3)18-14-10-4/h24H,7-18H2,1-6H3. The van der Waals surface area contributed by atoms with Gasteiger partial charge in [-0.05, 0) is 39.5 Å². The van der Waals surface area contributed by atoms with E-state index in [2.05, 4.69) is 41.5 Å². The predicted molar refractivity (Wildman–Crippen MR) is 106 cm³/mol. The highest BCUT2D eigenvalue weighted by atomic mass is 31.1. The van der Waals surface area contributed by atoms with Crippen LogP contribution >= 0.6 is 8.25 Å². The Morgan fingerprint density at radius 1 is 0.625 bits per heavy atom. The van der Waals surface area contributed by atoms with Crippen LogP contribution in [0.15, 0.2) is 0 Å². The van der Waals surface area contributed by atoms with Gasteiger partial charge >= 0.3 is 8.25 Å². The molecule has 0 N–H and O–H groups in total. The zero-order valence-electron chi connectivity index (χ0n) is 17.2. The summed E-state index contributed by atoms with van der Waals surface area (Å²) < 4.78 is 24.7. The summed E-state index contributed by atoms with van der Waals surface area (Å²) in [6.45, 7) is 13.0. The van der Waals surface area contributed by atoms with Crippen LogP contribution in [0.25, 0.3) is 0 Å². The van der Waals surface area contributed by atoms with Gasteiger partial charge in [-0.2, -0.15) is 0 Å². The molecular weight excluding hydrogens is 319 g/mol. The minimum atomic E-state index is -2.47. The zero-order chi connectivity index (χ0) is 18.5. The summed E-state index contributed by atoms with van der Waals surface area (Å²) in [5.74, 6) is 0. The molecule has 0 spiro atoms. The van der Waals surface area contributed by atoms with Crippen LogP contribution < -0.4 is 0 Å². The Bertz CT molecular complexity index is 285. The molecule has 0 saturated carbocycles. The van der Waals surface area contributed by atoms with Crippen molar-refractivity contribution in [2.75, 3.05) is 0 Å². The Morgan fingerprint density at radius 3 is 1.08 bits per heavy atom. The van der Waals surface area contributed by atoms with E-state index in [1.807, 2.05) is 0 Å². The summed E-state index contributed by atoms with van der Waals surface area (Å²) in [4.78, 5) is 0. The molecule has 146 valence electrons. The Hall–Kier alpha value is 0.150. The molecule has 0 aliphatic heterocycles. The molecule has 0 unspecified atom stereocenters. The van der Waals surface area contributed by atoms with Gasteiger partial charge in [0.15, 0.2) is 0 Å². The van der Waals surface area contributed by atoms with E-state index in [0.29, 0.717) is 0 Å². The summed E-state index contributed by atoms with van der Waals surface area (Å²) in [7, 11) is -2.47. The third kappa shape index (κ3) is 10.9. The molecule has 0 heterocycles. The van der Waals surface area contributed by atoms with E-state index in [9.17, 15) is 4.57 Å². The number of hydrogen-bond acceptors (Lipinski definition) is 3. The van der Waals surface area contributed by atoms with Crippen LogP contribution in [-0.2, 0) is 13.6 Å². The molecule has 0 aliphatic carbocycles. The third-order valence-corrected chi connectivity index (χ3v) is 6.22. The van der Waals surface area contributed by atoms with Crippen LogP contribution in [0.5, 0.6) is 0 Å². The van der Waals surface area contributed by atoms with E-state index in [0.717, 1.165) is 77.0 Å². The number of unbranched alkanes of at least 4 members (excludes halogenated alkanes) is 4. The molecular formula is C20H43O3P. The normalized spacial score (nSPS) is 13.0. The predicted octanol–water partition coefficient (Wildman–Crippen LogP) is 7.69. The van der Waals surface area contributed by atoms with Crippen LogP contribution in [0.1, 0.15) is 119 Å². The molecule has 0 bridgehead atoms. The lowest BCUT2D eigenvalue weighted by Gasteiger charge is -2.34. The third-order valence-electron chi connectivity index (χ3n) is 4.90. The van der Waals surface area contributed by atoms with Crippen molar-refractivity contribution in [3.63, 3.8) is 0 Å². The van der Waals surface area contributed by atoms with Gasteiger partial charge in [0, 0.05) is 0 Å². The second kappa shape index (κ2) is 13.4. The average Bonchev–Trinajstić information content (AvgIpc) is 2.54. The van der Waals surface area contributed by atoms with Crippen molar-refractivity contribution in [1.82, 2.24) is 0 Å². The first-order valence-corrected chi connectivity index (χ1v) is 11.5. The smallest absolute Gasteiger partial charge is 0.304 e. The second-order valence-electron chi connectivity index (χ2n) is 7.77. The van der Waals surface area contributed by atoms with E-state index in [1.165, 1.54) is 0 Å². The van der Waals surface area contributed by atoms with Gasteiger partial charge in [0.1, 0.15) is 0 Å². The maximum Gasteiger partial charge on any atom is 0.320 e. The quantitative estimate of drug-likeness (QED) is 0.264. The lowest BCUT2D eigenvalue weighted by molar-refractivity contribution is 0.00840. The molecule has 3 nitrogen and oxygen atoms in total. The van der Waals surface area contributed by atoms with Crippen molar-refractivity contribution < 1.29 is 13.6 Å². The SMILES string of the molecule is CCCCC(C)(CCCC)O[PH](=O)OC(C)(CCCC)CCCC. The minimum absolute atomic E-state index is 0.307. The summed E-state index contributed by atoms with van der Waals surface area (Å²) >= 11 is 0. The van der Waals surface area contributed by atoms with Crippen molar-refractivity contribution >= 4 is 8.25 Å². The maximum absolute atomic E-state index is 12.7. The van der Waals surface area contributed by atoms with Gasteiger partial charge in [-0.1, -0.05) is 79.1 Å². The highest BCUT2D eigenvalue weighted by molar-refractivity contribution is 7.33. The highest BCUT2D eigenvalue weighted by Gasteiger charge is 2.31. The molecule has 0 saturated heterocycles. The molecule has 24 heavy (non-hydrogen) atoms. The molecule has 0 atom stereocenters. The Morgan fingerprint density at radius 2 is 0.875 bits per heavy atom. The van der Waals surface area contributed by atoms with E-state index >= 15 is 0 Å². The number of rotatable bonds is 16. The Balaban J connectivity index is 4.78. The maximum atomic E-state index is 12.7. The monoisotopic (exact) mass is 362 g/mol. The zero-order valence-corrected chi connectivity index (χ0v) is 18.2. The lowest BCUT2D eigenvalue weighted by Crippen LogP contribution is -2.30. The Kier molecular flexibility index (Phi) is 13.5. The van der Waals surface area contributed by atoms with Gasteiger partial charge < -0.3 is 9.05 Å². The fraction of sp³-hybridized carbons (Fsp3) is 1.00. The van der Waals surface area contributed by atoms with Crippen LogP contribution in [-0.4, -0.2) is 11.2 Å². The fourth-order valence-electron chi connectivity index (χ4n) is 3.08. The molecule has 0 aromatic carbocycles. The van der Waals surface area contributed by atoms with Crippen molar-refractivity contribution in [3.8, 4) is 0 Å². The van der Waals surface area contributed by atoms with Gasteiger partial charge in [-0.25, -0.2) is 0 Å². The summed E-state index contributed by atoms with van der Waals surface area (Å²) in [5, 5.41) is 0. The molecule has 0 aromatic rings. The van der Waals surface area contributed by atoms with Gasteiger partial charge in [0.2, 0.25) is 0 Å². The molecule has 0 radical (unpaired) electrons. The first-order valence-electron chi connectivity index (χ1n) is 10.3. The van der Waals surface area contributed by atoms with Crippen LogP contribution in [0.4, 0.5) is 0 Å². The van der Waals surface area contributed by atoms with Crippen molar-refractivity contribution in [2.24, 2.45) is 0 Å². The first-order chi connectivity index (χ1) is 11.3. The van der Waals surface area contributed by atoms with Gasteiger partial charge in [0.05, 0.1) is 11.2 Å². The van der Waals surface area contributed by atoms with Gasteiger partial charge in [-0.3, -0.25) is 4.57 Å². The molecule has 0 aliphatic rings. The van der Waals surface area contributed by atoms with Crippen molar-refractivity contribution in [2.45, 2.75) is 130 Å². The molecule has 0 aromatic heterocycles. The fourth-order valence-corrected chi connectivity index (χ4v) is 4.33. The van der Waals surface area contributed by atoms with Crippen molar-refractivity contribution in [1.29, 1.82) is 0 Å². The van der Waals surface area contributed by atoms with Gasteiger partial charge in [-0.15, -0.1) is 0 Å². The number of hydrogen-bond donors (Lipinski definition) is 0. The lowest BCUT2D eigenvalue weighted by atomic mass is 9.93. The van der Waals surface area contributed by atoms with E-state index in [1.54, 1.807) is 0 Å². The largest absolute Gasteiger partial charge is 0.320 e. The van der Waals surface area contributed by atoms with E-state index in [4.69, 9.17) is 9.05 Å². The highest BCUT2D eigenvalue weighted by Crippen LogP contribution is 2.43. The average molecular weight is 363 g/mol. The van der Waals surface area contributed by atoms with E-state index < -0.39 is 8.25 Å². The first kappa shape index (κ1) is 24.1. The molecule has 0 rings (SSSR count). The summed E-state index contributed by atoms with van der Waals surface area (Å²) in [6.07, 6.45) is 12.8. The Labute approximate surface area is 152 Å². The summed E-state index contributed by atoms with van der Waals surface area (Å²) in [6, 6.07) is 0. The van der Waals surface area contributed by atoms with Crippen LogP contribution in [0, 0.1) is 0 Å². The van der Waals surface area contributed by atoms with E-state index in [-0.39, 0.29) is 11.2 Å². The van der Waals surface area contributed by atoms with Crippen LogP contribution in [0.3, 0.4) is 0 Å². The molecule has 0 fully saturated rings. The molecule has 0 amide bonds. The van der Waals surface area contributed by atoms with Crippen molar-refractivity contribution in [3.05, 3.63) is 0 Å². The summed E-state index contributed by atoms with van der Waals surface area (Å²) in [5.41, 5.74) is -0.614.